The molecule has 0 saturated carbocycles. The van der Waals surface area contributed by atoms with Crippen LogP contribution in [-0.4, -0.2) is 31.1 Å². The molecule has 1 fully saturated rings. The van der Waals surface area contributed by atoms with Crippen LogP contribution in [-0.2, 0) is 6.54 Å². The maximum Gasteiger partial charge on any atom is 0.123 e. The Morgan fingerprint density at radius 2 is 2.11 bits per heavy atom. The summed E-state index contributed by atoms with van der Waals surface area (Å²) >= 11 is 0. The van der Waals surface area contributed by atoms with E-state index in [9.17, 15) is 0 Å². The van der Waals surface area contributed by atoms with E-state index >= 15 is 0 Å². The van der Waals surface area contributed by atoms with E-state index in [1.807, 2.05) is 12.1 Å². The third-order valence-electron chi connectivity index (χ3n) is 3.59. The molecule has 1 atom stereocenters. The van der Waals surface area contributed by atoms with Crippen molar-refractivity contribution < 1.29 is 4.74 Å². The first-order valence-corrected chi connectivity index (χ1v) is 6.41. The first kappa shape index (κ1) is 15.3. The molecule has 1 aliphatic rings. The van der Waals surface area contributed by atoms with E-state index in [0.717, 1.165) is 25.4 Å². The first-order chi connectivity index (χ1) is 8.35. The Kier molecular flexibility index (Phi) is 6.47. The van der Waals surface area contributed by atoms with Gasteiger partial charge in [0.05, 0.1) is 7.11 Å². The Morgan fingerprint density at radius 3 is 2.83 bits per heavy atom. The van der Waals surface area contributed by atoms with Crippen molar-refractivity contribution in [3.05, 3.63) is 29.8 Å². The van der Waals surface area contributed by atoms with E-state index in [4.69, 9.17) is 10.5 Å². The van der Waals surface area contributed by atoms with Crippen LogP contribution in [0.1, 0.15) is 24.8 Å². The second-order valence-corrected chi connectivity index (χ2v) is 4.67. The maximum absolute atomic E-state index is 5.84. The second-order valence-electron chi connectivity index (χ2n) is 4.67. The lowest BCUT2D eigenvalue weighted by Crippen LogP contribution is -2.43. The Morgan fingerprint density at radius 1 is 1.33 bits per heavy atom. The third kappa shape index (κ3) is 3.61. The molecule has 1 unspecified atom stereocenters. The average molecular weight is 271 g/mol. The fourth-order valence-electron chi connectivity index (χ4n) is 2.59. The average Bonchev–Trinajstić information content (AvgIpc) is 2.40. The molecule has 0 radical (unpaired) electrons. The molecule has 0 aromatic heterocycles. The number of ether oxygens (including phenoxy) is 1. The number of nitrogens with two attached hydrogens (primary N) is 1. The Bertz CT molecular complexity index is 359. The van der Waals surface area contributed by atoms with E-state index in [0.29, 0.717) is 6.04 Å². The largest absolute Gasteiger partial charge is 0.496 e. The molecule has 0 aliphatic carbocycles. The van der Waals surface area contributed by atoms with Gasteiger partial charge in [0, 0.05) is 24.7 Å². The Hall–Kier alpha value is -0.770. The fraction of sp³-hybridized carbons (Fsp3) is 0.571. The molecule has 2 rings (SSSR count). The molecule has 1 aromatic carbocycles. The number of piperidine rings is 1. The van der Waals surface area contributed by atoms with E-state index < -0.39 is 0 Å². The zero-order chi connectivity index (χ0) is 12.1. The SMILES string of the molecule is COc1ccccc1CN1CCCCC1CN.Cl. The number of hydrogen-bond acceptors (Lipinski definition) is 3. The topological polar surface area (TPSA) is 38.5 Å². The van der Waals surface area contributed by atoms with Crippen molar-refractivity contribution in [3.8, 4) is 5.75 Å². The zero-order valence-corrected chi connectivity index (χ0v) is 11.8. The van der Waals surface area contributed by atoms with E-state index in [-0.39, 0.29) is 12.4 Å². The van der Waals surface area contributed by atoms with Crippen molar-refractivity contribution in [2.45, 2.75) is 31.8 Å². The predicted octanol–water partition coefficient (Wildman–Crippen LogP) is 2.43. The molecule has 1 heterocycles. The number of para-hydroxylation sites is 1. The summed E-state index contributed by atoms with van der Waals surface area (Å²) in [5.74, 6) is 0.980. The highest BCUT2D eigenvalue weighted by atomic mass is 35.5. The second kappa shape index (κ2) is 7.62. The molecule has 1 aliphatic heterocycles. The minimum atomic E-state index is 0. The summed E-state index contributed by atoms with van der Waals surface area (Å²) in [7, 11) is 1.73. The van der Waals surface area contributed by atoms with Gasteiger partial charge in [0.15, 0.2) is 0 Å². The van der Waals surface area contributed by atoms with Gasteiger partial charge in [0.25, 0.3) is 0 Å². The Labute approximate surface area is 116 Å². The lowest BCUT2D eigenvalue weighted by Gasteiger charge is -2.35. The van der Waals surface area contributed by atoms with Crippen LogP contribution in [0.4, 0.5) is 0 Å². The van der Waals surface area contributed by atoms with Crippen molar-refractivity contribution in [1.82, 2.24) is 4.90 Å². The van der Waals surface area contributed by atoms with Crippen LogP contribution in [0.3, 0.4) is 0 Å². The predicted molar refractivity (Wildman–Crippen MR) is 77.3 cm³/mol. The van der Waals surface area contributed by atoms with Crippen LogP contribution in [0, 0.1) is 0 Å². The normalized spacial score (nSPS) is 20.2. The Balaban J connectivity index is 0.00000162. The summed E-state index contributed by atoms with van der Waals surface area (Å²) in [6.45, 7) is 2.86. The highest BCUT2D eigenvalue weighted by molar-refractivity contribution is 5.85. The smallest absolute Gasteiger partial charge is 0.123 e. The molecule has 18 heavy (non-hydrogen) atoms. The minimum Gasteiger partial charge on any atom is -0.496 e. The van der Waals surface area contributed by atoms with E-state index in [1.54, 1.807) is 7.11 Å². The van der Waals surface area contributed by atoms with Crippen LogP contribution in [0.2, 0.25) is 0 Å². The molecule has 2 N–H and O–H groups in total. The summed E-state index contributed by atoms with van der Waals surface area (Å²) in [6, 6.07) is 8.78. The van der Waals surface area contributed by atoms with Crippen molar-refractivity contribution >= 4 is 12.4 Å². The molecule has 0 bridgehead atoms. The van der Waals surface area contributed by atoms with Crippen molar-refractivity contribution in [1.29, 1.82) is 0 Å². The van der Waals surface area contributed by atoms with Gasteiger partial charge in [0.2, 0.25) is 0 Å². The number of likely N-dealkylation sites (tertiary alicyclic amines) is 1. The fourth-order valence-corrected chi connectivity index (χ4v) is 2.59. The van der Waals surface area contributed by atoms with Crippen LogP contribution in [0.25, 0.3) is 0 Å². The number of rotatable bonds is 4. The zero-order valence-electron chi connectivity index (χ0n) is 11.0. The number of nitrogens with zero attached hydrogens (tertiary/aromatic N) is 1. The van der Waals surface area contributed by atoms with E-state index in [2.05, 4.69) is 17.0 Å². The maximum atomic E-state index is 5.84. The summed E-state index contributed by atoms with van der Waals surface area (Å²) in [5.41, 5.74) is 7.10. The van der Waals surface area contributed by atoms with Gasteiger partial charge < -0.3 is 10.5 Å². The van der Waals surface area contributed by atoms with Crippen molar-refractivity contribution in [2.75, 3.05) is 20.2 Å². The summed E-state index contributed by atoms with van der Waals surface area (Å²) in [4.78, 5) is 2.49. The van der Waals surface area contributed by atoms with Crippen LogP contribution < -0.4 is 10.5 Å². The quantitative estimate of drug-likeness (QED) is 0.913. The van der Waals surface area contributed by atoms with Gasteiger partial charge in [-0.15, -0.1) is 12.4 Å². The molecule has 0 spiro atoms. The lowest BCUT2D eigenvalue weighted by molar-refractivity contribution is 0.143. The number of methoxy groups -OCH3 is 1. The minimum absolute atomic E-state index is 0. The number of hydrogen-bond donors (Lipinski definition) is 1. The first-order valence-electron chi connectivity index (χ1n) is 6.41. The molecule has 4 heteroatoms. The summed E-state index contributed by atoms with van der Waals surface area (Å²) < 4.78 is 5.40. The van der Waals surface area contributed by atoms with Gasteiger partial charge in [-0.25, -0.2) is 0 Å². The van der Waals surface area contributed by atoms with Gasteiger partial charge in [-0.3, -0.25) is 4.90 Å². The monoisotopic (exact) mass is 270 g/mol. The number of halogens is 1. The van der Waals surface area contributed by atoms with Gasteiger partial charge >= 0.3 is 0 Å². The molecule has 3 nitrogen and oxygen atoms in total. The summed E-state index contributed by atoms with van der Waals surface area (Å²) in [6.07, 6.45) is 3.82. The van der Waals surface area contributed by atoms with E-state index in [1.165, 1.54) is 24.8 Å². The van der Waals surface area contributed by atoms with Crippen LogP contribution >= 0.6 is 12.4 Å². The van der Waals surface area contributed by atoms with Gasteiger partial charge in [0.1, 0.15) is 5.75 Å². The molecular formula is C14H23ClN2O. The molecule has 102 valence electrons. The van der Waals surface area contributed by atoms with Crippen LogP contribution in [0.5, 0.6) is 5.75 Å². The number of benzene rings is 1. The molecule has 1 aromatic rings. The van der Waals surface area contributed by atoms with Crippen molar-refractivity contribution in [3.63, 3.8) is 0 Å². The molecule has 0 amide bonds. The molecule has 1 saturated heterocycles. The van der Waals surface area contributed by atoms with Crippen molar-refractivity contribution in [2.24, 2.45) is 5.73 Å². The highest BCUT2D eigenvalue weighted by Gasteiger charge is 2.21. The summed E-state index contributed by atoms with van der Waals surface area (Å²) in [5, 5.41) is 0. The molecular weight excluding hydrogens is 248 g/mol. The standard InChI is InChI=1S/C14H22N2O.ClH/c1-17-14-8-3-2-6-12(14)11-16-9-5-4-7-13(16)10-15;/h2-3,6,8,13H,4-5,7,9-11,15H2,1H3;1H. The highest BCUT2D eigenvalue weighted by Crippen LogP contribution is 2.23. The lowest BCUT2D eigenvalue weighted by atomic mass is 10.0. The van der Waals surface area contributed by atoms with Gasteiger partial charge in [-0.1, -0.05) is 24.6 Å². The van der Waals surface area contributed by atoms with Gasteiger partial charge in [-0.2, -0.15) is 0 Å². The third-order valence-corrected chi connectivity index (χ3v) is 3.59. The van der Waals surface area contributed by atoms with Crippen LogP contribution in [0.15, 0.2) is 24.3 Å². The van der Waals surface area contributed by atoms with Gasteiger partial charge in [-0.05, 0) is 25.5 Å².